The first-order valence-corrected chi connectivity index (χ1v) is 10.2. The summed E-state index contributed by atoms with van der Waals surface area (Å²) in [5.74, 6) is -0.166. The molecule has 1 aliphatic heterocycles. The molecule has 3 heterocycles. The zero-order valence-electron chi connectivity index (χ0n) is 17.3. The predicted octanol–water partition coefficient (Wildman–Crippen LogP) is 2.44. The summed E-state index contributed by atoms with van der Waals surface area (Å²) in [5.41, 5.74) is 2.94. The van der Waals surface area contributed by atoms with Crippen LogP contribution in [0.2, 0.25) is 0 Å². The average Bonchev–Trinajstić information content (AvgIpc) is 3.38. The van der Waals surface area contributed by atoms with E-state index in [4.69, 9.17) is 4.74 Å². The number of amides is 1. The molecule has 0 radical (unpaired) electrons. The van der Waals surface area contributed by atoms with Crippen LogP contribution in [0.5, 0.6) is 0 Å². The number of para-hydroxylation sites is 1. The van der Waals surface area contributed by atoms with Gasteiger partial charge in [0.2, 0.25) is 5.91 Å². The molecule has 156 valence electrons. The quantitative estimate of drug-likeness (QED) is 0.631. The molecule has 1 amide bonds. The minimum atomic E-state index is -0.172. The van der Waals surface area contributed by atoms with Crippen LogP contribution in [0, 0.1) is 12.8 Å². The normalized spacial score (nSPS) is 16.0. The van der Waals surface area contributed by atoms with Crippen LogP contribution in [0.4, 0.5) is 0 Å². The molecule has 7 heteroatoms. The lowest BCUT2D eigenvalue weighted by Gasteiger charge is -2.24. The highest BCUT2D eigenvalue weighted by Crippen LogP contribution is 2.20. The van der Waals surface area contributed by atoms with Gasteiger partial charge in [-0.25, -0.2) is 4.68 Å². The molecule has 3 aromatic rings. The summed E-state index contributed by atoms with van der Waals surface area (Å²) in [6, 6.07) is 15.2. The van der Waals surface area contributed by atoms with E-state index in [-0.39, 0.29) is 23.9 Å². The van der Waals surface area contributed by atoms with Gasteiger partial charge in [-0.2, -0.15) is 0 Å². The van der Waals surface area contributed by atoms with Crippen molar-refractivity contribution in [2.24, 2.45) is 13.0 Å². The number of rotatable bonds is 6. The number of carbonyl (C=O) groups excluding carboxylic acids is 1. The summed E-state index contributed by atoms with van der Waals surface area (Å²) in [6.07, 6.45) is 2.42. The van der Waals surface area contributed by atoms with Crippen LogP contribution in [-0.2, 0) is 29.7 Å². The van der Waals surface area contributed by atoms with Crippen LogP contribution < -0.4 is 5.56 Å². The van der Waals surface area contributed by atoms with Gasteiger partial charge < -0.3 is 9.64 Å². The van der Waals surface area contributed by atoms with Gasteiger partial charge in [-0.3, -0.25) is 19.3 Å². The van der Waals surface area contributed by atoms with Gasteiger partial charge in [0.05, 0.1) is 42.6 Å². The minimum Gasteiger partial charge on any atom is -0.381 e. The van der Waals surface area contributed by atoms with Gasteiger partial charge in [-0.05, 0) is 37.6 Å². The number of benzene rings is 1. The molecule has 4 rings (SSSR count). The Balaban J connectivity index is 1.69. The summed E-state index contributed by atoms with van der Waals surface area (Å²) in [5, 5.41) is 0. The molecule has 0 saturated carbocycles. The molecule has 0 bridgehead atoms. The number of nitrogens with zero attached hydrogens (tertiary/aromatic N) is 4. The van der Waals surface area contributed by atoms with E-state index < -0.39 is 0 Å². The van der Waals surface area contributed by atoms with Crippen molar-refractivity contribution in [2.75, 3.05) is 13.2 Å². The first kappa shape index (κ1) is 20.1. The molecule has 1 fully saturated rings. The monoisotopic (exact) mass is 406 g/mol. The van der Waals surface area contributed by atoms with E-state index in [2.05, 4.69) is 4.98 Å². The molecule has 7 nitrogen and oxygen atoms in total. The highest BCUT2D eigenvalue weighted by Gasteiger charge is 2.30. The topological polar surface area (TPSA) is 69.4 Å². The highest BCUT2D eigenvalue weighted by molar-refractivity contribution is 5.79. The molecule has 0 spiro atoms. The van der Waals surface area contributed by atoms with Crippen molar-refractivity contribution in [2.45, 2.75) is 26.4 Å². The molecule has 30 heavy (non-hydrogen) atoms. The van der Waals surface area contributed by atoms with Crippen LogP contribution in [0.3, 0.4) is 0 Å². The summed E-state index contributed by atoms with van der Waals surface area (Å²) in [6.45, 7) is 3.54. The SMILES string of the molecule is Cc1c(CN(Cc2ccccn2)C(=O)[C@@H]2CCOC2)c(=O)n(-c2ccccc2)n1C. The Morgan fingerprint density at radius 3 is 2.60 bits per heavy atom. The van der Waals surface area contributed by atoms with E-state index in [1.807, 2.05) is 67.2 Å². The van der Waals surface area contributed by atoms with E-state index in [9.17, 15) is 9.59 Å². The highest BCUT2D eigenvalue weighted by atomic mass is 16.5. The number of aromatic nitrogens is 3. The number of hydrogen-bond acceptors (Lipinski definition) is 4. The number of hydrogen-bond donors (Lipinski definition) is 0. The van der Waals surface area contributed by atoms with Crippen molar-refractivity contribution in [1.29, 1.82) is 0 Å². The van der Waals surface area contributed by atoms with E-state index in [1.54, 1.807) is 15.8 Å². The first-order valence-electron chi connectivity index (χ1n) is 10.2. The summed E-state index contributed by atoms with van der Waals surface area (Å²) < 4.78 is 8.91. The Morgan fingerprint density at radius 1 is 1.17 bits per heavy atom. The smallest absolute Gasteiger partial charge is 0.276 e. The largest absolute Gasteiger partial charge is 0.381 e. The predicted molar refractivity (Wildman–Crippen MR) is 113 cm³/mol. The van der Waals surface area contributed by atoms with Crippen LogP contribution in [-0.4, -0.2) is 38.4 Å². The maximum atomic E-state index is 13.3. The number of pyridine rings is 1. The maximum Gasteiger partial charge on any atom is 0.276 e. The van der Waals surface area contributed by atoms with Crippen LogP contribution in [0.25, 0.3) is 5.69 Å². The lowest BCUT2D eigenvalue weighted by atomic mass is 10.1. The number of carbonyl (C=O) groups is 1. The van der Waals surface area contributed by atoms with Crippen molar-refractivity contribution in [1.82, 2.24) is 19.2 Å². The Morgan fingerprint density at radius 2 is 1.93 bits per heavy atom. The Kier molecular flexibility index (Phi) is 5.81. The molecule has 0 unspecified atom stereocenters. The fraction of sp³-hybridized carbons (Fsp3) is 0.348. The molecule has 2 aromatic heterocycles. The molecule has 0 aliphatic carbocycles. The van der Waals surface area contributed by atoms with Crippen molar-refractivity contribution in [3.05, 3.63) is 82.0 Å². The van der Waals surface area contributed by atoms with Crippen molar-refractivity contribution in [3.8, 4) is 5.69 Å². The molecule has 1 atom stereocenters. The lowest BCUT2D eigenvalue weighted by molar-refractivity contribution is -0.136. The maximum absolute atomic E-state index is 13.3. The number of ether oxygens (including phenoxy) is 1. The zero-order chi connectivity index (χ0) is 21.1. The van der Waals surface area contributed by atoms with Gasteiger partial charge in [-0.1, -0.05) is 24.3 Å². The van der Waals surface area contributed by atoms with E-state index in [0.29, 0.717) is 31.7 Å². The van der Waals surface area contributed by atoms with Gasteiger partial charge in [0.1, 0.15) is 0 Å². The fourth-order valence-electron chi connectivity index (χ4n) is 3.88. The third-order valence-corrected chi connectivity index (χ3v) is 5.69. The van der Waals surface area contributed by atoms with Crippen LogP contribution in [0.1, 0.15) is 23.4 Å². The van der Waals surface area contributed by atoms with Gasteiger partial charge in [0.15, 0.2) is 0 Å². The second-order valence-corrected chi connectivity index (χ2v) is 7.62. The average molecular weight is 406 g/mol. The molecule has 0 N–H and O–H groups in total. The molecular formula is C23H26N4O3. The lowest BCUT2D eigenvalue weighted by Crippen LogP contribution is -2.37. The van der Waals surface area contributed by atoms with Crippen molar-refractivity contribution < 1.29 is 9.53 Å². The Bertz CT molecular complexity index is 1070. The zero-order valence-corrected chi connectivity index (χ0v) is 17.3. The second-order valence-electron chi connectivity index (χ2n) is 7.62. The van der Waals surface area contributed by atoms with E-state index in [0.717, 1.165) is 17.1 Å². The van der Waals surface area contributed by atoms with Gasteiger partial charge in [0.25, 0.3) is 5.56 Å². The third-order valence-electron chi connectivity index (χ3n) is 5.69. The molecule has 1 aliphatic rings. The third kappa shape index (κ3) is 3.93. The Labute approximate surface area is 175 Å². The van der Waals surface area contributed by atoms with Gasteiger partial charge in [0, 0.05) is 25.5 Å². The Hall–Kier alpha value is -3.19. The van der Waals surface area contributed by atoms with E-state index in [1.165, 1.54) is 0 Å². The summed E-state index contributed by atoms with van der Waals surface area (Å²) >= 11 is 0. The van der Waals surface area contributed by atoms with Crippen LogP contribution >= 0.6 is 0 Å². The van der Waals surface area contributed by atoms with Gasteiger partial charge >= 0.3 is 0 Å². The minimum absolute atomic E-state index is 0.00654. The molecular weight excluding hydrogens is 380 g/mol. The second kappa shape index (κ2) is 8.67. The summed E-state index contributed by atoms with van der Waals surface area (Å²) in [7, 11) is 1.86. The van der Waals surface area contributed by atoms with Crippen molar-refractivity contribution >= 4 is 5.91 Å². The first-order chi connectivity index (χ1) is 14.6. The van der Waals surface area contributed by atoms with Gasteiger partial charge in [-0.15, -0.1) is 0 Å². The van der Waals surface area contributed by atoms with Crippen LogP contribution in [0.15, 0.2) is 59.5 Å². The fourth-order valence-corrected chi connectivity index (χ4v) is 3.88. The van der Waals surface area contributed by atoms with Crippen molar-refractivity contribution in [3.63, 3.8) is 0 Å². The van der Waals surface area contributed by atoms with E-state index >= 15 is 0 Å². The molecule has 1 aromatic carbocycles. The summed E-state index contributed by atoms with van der Waals surface area (Å²) in [4.78, 5) is 32.7. The molecule has 1 saturated heterocycles. The standard InChI is InChI=1S/C23H26N4O3/c1-17-21(23(29)27(25(17)2)20-9-4-3-5-10-20)15-26(14-19-8-6-7-12-24-19)22(28)18-11-13-30-16-18/h3-10,12,18H,11,13-16H2,1-2H3/t18-/m1/s1.